The van der Waals surface area contributed by atoms with Gasteiger partial charge in [-0.15, -0.1) is 0 Å². The molecule has 24 heavy (non-hydrogen) atoms. The van der Waals surface area contributed by atoms with Gasteiger partial charge in [0.15, 0.2) is 5.96 Å². The molecule has 0 amide bonds. The fourth-order valence-corrected chi connectivity index (χ4v) is 3.91. The van der Waals surface area contributed by atoms with Gasteiger partial charge in [-0.05, 0) is 25.3 Å². The molecule has 2 N–H and O–H groups in total. The maximum absolute atomic E-state index is 5.51. The largest absolute Gasteiger partial charge is 0.381 e. The van der Waals surface area contributed by atoms with Crippen LogP contribution in [0.2, 0.25) is 0 Å². The smallest absolute Gasteiger partial charge is 0.191 e. The average Bonchev–Trinajstić information content (AvgIpc) is 3.24. The molecule has 0 aliphatic heterocycles. The minimum atomic E-state index is 0.121. The molecule has 6 heteroatoms. The van der Waals surface area contributed by atoms with Gasteiger partial charge >= 0.3 is 0 Å². The van der Waals surface area contributed by atoms with E-state index in [1.165, 1.54) is 25.7 Å². The van der Waals surface area contributed by atoms with Crippen molar-refractivity contribution < 1.29 is 4.74 Å². The van der Waals surface area contributed by atoms with Crippen molar-refractivity contribution in [3.8, 4) is 0 Å². The van der Waals surface area contributed by atoms with E-state index in [0.717, 1.165) is 18.1 Å². The fourth-order valence-electron chi connectivity index (χ4n) is 3.91. The molecular weight excluding hydrogens is 302 g/mol. The Bertz CT molecular complexity index is 574. The highest BCUT2D eigenvalue weighted by molar-refractivity contribution is 5.80. The second-order valence-corrected chi connectivity index (χ2v) is 7.63. The highest BCUT2D eigenvalue weighted by atomic mass is 16.5. The molecule has 0 bridgehead atoms. The number of rotatable bonds is 5. The Morgan fingerprint density at radius 3 is 2.79 bits per heavy atom. The molecule has 0 radical (unpaired) electrons. The van der Waals surface area contributed by atoms with Crippen LogP contribution in [0.15, 0.2) is 17.3 Å². The molecule has 0 saturated heterocycles. The van der Waals surface area contributed by atoms with Gasteiger partial charge in [0.25, 0.3) is 0 Å². The number of nitrogens with zero attached hydrogens (tertiary/aromatic N) is 3. The molecule has 0 aromatic carbocycles. The summed E-state index contributed by atoms with van der Waals surface area (Å²) in [6.07, 6.45) is 8.62. The lowest BCUT2D eigenvalue weighted by atomic mass is 9.64. The third-order valence-electron chi connectivity index (χ3n) is 5.80. The second-order valence-electron chi connectivity index (χ2n) is 7.63. The second kappa shape index (κ2) is 7.13. The lowest BCUT2D eigenvalue weighted by Gasteiger charge is -2.51. The lowest BCUT2D eigenvalue weighted by Crippen LogP contribution is -2.63. The van der Waals surface area contributed by atoms with E-state index in [2.05, 4.69) is 46.4 Å². The van der Waals surface area contributed by atoms with Gasteiger partial charge in [0, 0.05) is 31.8 Å². The zero-order valence-electron chi connectivity index (χ0n) is 15.4. The van der Waals surface area contributed by atoms with Crippen molar-refractivity contribution in [2.75, 3.05) is 14.2 Å². The summed E-state index contributed by atoms with van der Waals surface area (Å²) in [6, 6.07) is 3.08. The number of hydrogen-bond acceptors (Lipinski definition) is 3. The summed E-state index contributed by atoms with van der Waals surface area (Å²) >= 11 is 0. The minimum absolute atomic E-state index is 0.121. The van der Waals surface area contributed by atoms with E-state index in [9.17, 15) is 0 Å². The summed E-state index contributed by atoms with van der Waals surface area (Å²) in [5.41, 5.74) is 1.18. The highest BCUT2D eigenvalue weighted by Crippen LogP contribution is 2.42. The summed E-state index contributed by atoms with van der Waals surface area (Å²) in [7, 11) is 3.60. The van der Waals surface area contributed by atoms with Crippen LogP contribution in [-0.4, -0.2) is 42.0 Å². The molecule has 3 rings (SSSR count). The molecule has 2 aliphatic carbocycles. The van der Waals surface area contributed by atoms with E-state index in [1.807, 2.05) is 7.05 Å². The number of ether oxygens (including phenoxy) is 1. The predicted molar refractivity (Wildman–Crippen MR) is 96.0 cm³/mol. The van der Waals surface area contributed by atoms with Crippen molar-refractivity contribution in [3.05, 3.63) is 18.0 Å². The molecule has 1 aromatic rings. The molecule has 1 aromatic heterocycles. The summed E-state index contributed by atoms with van der Waals surface area (Å²) in [5.74, 6) is 0.832. The predicted octanol–water partition coefficient (Wildman–Crippen LogP) is 2.48. The monoisotopic (exact) mass is 333 g/mol. The Labute approximate surface area is 145 Å². The van der Waals surface area contributed by atoms with Crippen molar-refractivity contribution in [3.63, 3.8) is 0 Å². The Kier molecular flexibility index (Phi) is 5.13. The van der Waals surface area contributed by atoms with Crippen molar-refractivity contribution in [2.24, 2.45) is 10.4 Å². The normalized spacial score (nSPS) is 27.1. The van der Waals surface area contributed by atoms with Crippen LogP contribution in [0, 0.1) is 5.41 Å². The maximum atomic E-state index is 5.51. The van der Waals surface area contributed by atoms with Gasteiger partial charge in [-0.25, -0.2) is 0 Å². The zero-order chi connectivity index (χ0) is 17.2. The van der Waals surface area contributed by atoms with Gasteiger partial charge in [-0.2, -0.15) is 5.10 Å². The van der Waals surface area contributed by atoms with E-state index in [0.29, 0.717) is 24.7 Å². The van der Waals surface area contributed by atoms with Crippen LogP contribution >= 0.6 is 0 Å². The van der Waals surface area contributed by atoms with Crippen LogP contribution in [0.3, 0.4) is 0 Å². The van der Waals surface area contributed by atoms with Gasteiger partial charge in [-0.1, -0.05) is 26.7 Å². The third-order valence-corrected chi connectivity index (χ3v) is 5.80. The molecule has 2 aliphatic rings. The summed E-state index contributed by atoms with van der Waals surface area (Å²) in [6.45, 7) is 5.16. The van der Waals surface area contributed by atoms with Gasteiger partial charge in [0.05, 0.1) is 24.4 Å². The number of nitrogens with one attached hydrogen (secondary N) is 2. The zero-order valence-corrected chi connectivity index (χ0v) is 15.4. The van der Waals surface area contributed by atoms with Crippen LogP contribution in [0.4, 0.5) is 0 Å². The molecule has 2 unspecified atom stereocenters. The first-order valence-electron chi connectivity index (χ1n) is 9.08. The van der Waals surface area contributed by atoms with Gasteiger partial charge in [0.1, 0.15) is 0 Å². The Morgan fingerprint density at radius 2 is 2.17 bits per heavy atom. The lowest BCUT2D eigenvalue weighted by molar-refractivity contribution is -0.0922. The van der Waals surface area contributed by atoms with Crippen LogP contribution in [0.1, 0.15) is 57.7 Å². The molecule has 2 atom stereocenters. The first kappa shape index (κ1) is 17.3. The molecule has 0 spiro atoms. The maximum Gasteiger partial charge on any atom is 0.191 e. The van der Waals surface area contributed by atoms with Gasteiger partial charge in [-0.3, -0.25) is 9.67 Å². The highest BCUT2D eigenvalue weighted by Gasteiger charge is 2.48. The van der Waals surface area contributed by atoms with Crippen molar-refractivity contribution in [2.45, 2.75) is 70.7 Å². The Morgan fingerprint density at radius 1 is 1.42 bits per heavy atom. The standard InChI is InChI=1S/C18H31N5O/c1-18(2)15(11-16(18)24-4)21-17(19-3)20-12-13-9-10-23(22-13)14-7-5-6-8-14/h9-10,14-16H,5-8,11-12H2,1-4H3,(H2,19,20,21). The topological polar surface area (TPSA) is 63.5 Å². The van der Waals surface area contributed by atoms with E-state index in [4.69, 9.17) is 9.84 Å². The van der Waals surface area contributed by atoms with E-state index < -0.39 is 0 Å². The first-order valence-corrected chi connectivity index (χ1v) is 9.08. The first-order chi connectivity index (χ1) is 11.5. The number of guanidine groups is 1. The number of hydrogen-bond donors (Lipinski definition) is 2. The summed E-state index contributed by atoms with van der Waals surface area (Å²) in [5, 5.41) is 11.6. The van der Waals surface area contributed by atoms with E-state index in [-0.39, 0.29) is 5.41 Å². The van der Waals surface area contributed by atoms with E-state index in [1.54, 1.807) is 7.11 Å². The SMILES string of the molecule is CN=C(NCc1ccn(C2CCCC2)n1)NC1CC(OC)C1(C)C. The van der Waals surface area contributed by atoms with Crippen molar-refractivity contribution in [1.29, 1.82) is 0 Å². The average molecular weight is 333 g/mol. The van der Waals surface area contributed by atoms with Gasteiger partial charge < -0.3 is 15.4 Å². The number of methoxy groups -OCH3 is 1. The molecule has 1 heterocycles. The van der Waals surface area contributed by atoms with Crippen LogP contribution < -0.4 is 10.6 Å². The molecular formula is C18H31N5O. The van der Waals surface area contributed by atoms with Crippen LogP contribution in [-0.2, 0) is 11.3 Å². The Balaban J connectivity index is 1.50. The fraction of sp³-hybridized carbons (Fsp3) is 0.778. The summed E-state index contributed by atoms with van der Waals surface area (Å²) < 4.78 is 7.65. The van der Waals surface area contributed by atoms with E-state index >= 15 is 0 Å². The van der Waals surface area contributed by atoms with Gasteiger partial charge in [0.2, 0.25) is 0 Å². The van der Waals surface area contributed by atoms with Crippen LogP contribution in [0.25, 0.3) is 0 Å². The summed E-state index contributed by atoms with van der Waals surface area (Å²) in [4.78, 5) is 4.34. The Hall–Kier alpha value is -1.56. The molecule has 134 valence electrons. The van der Waals surface area contributed by atoms with Crippen molar-refractivity contribution in [1.82, 2.24) is 20.4 Å². The third kappa shape index (κ3) is 3.43. The number of aliphatic imine (C=N–C) groups is 1. The number of aromatic nitrogens is 2. The van der Waals surface area contributed by atoms with Crippen molar-refractivity contribution >= 4 is 5.96 Å². The molecule has 2 fully saturated rings. The molecule has 6 nitrogen and oxygen atoms in total. The minimum Gasteiger partial charge on any atom is -0.381 e. The van der Waals surface area contributed by atoms with Crippen LogP contribution in [0.5, 0.6) is 0 Å². The molecule has 2 saturated carbocycles. The quantitative estimate of drug-likeness (QED) is 0.642.